The van der Waals surface area contributed by atoms with E-state index in [1.165, 1.54) is 36.0 Å². The molecule has 0 radical (unpaired) electrons. The molecule has 0 saturated heterocycles. The van der Waals surface area contributed by atoms with Gasteiger partial charge in [0, 0.05) is 11.1 Å². The van der Waals surface area contributed by atoms with Crippen LogP contribution in [0.5, 0.6) is 5.75 Å². The van der Waals surface area contributed by atoms with Gasteiger partial charge in [0.15, 0.2) is 0 Å². The normalized spacial score (nSPS) is 26.9. The Balaban J connectivity index is 1.58. The molecule has 0 spiro atoms. The third kappa shape index (κ3) is 5.24. The Bertz CT molecular complexity index is 990. The molecule has 3 aliphatic rings. The number of aliphatic carboxylic acids is 1. The third-order valence-electron chi connectivity index (χ3n) is 8.15. The lowest BCUT2D eigenvalue weighted by molar-refractivity contribution is -0.148. The first-order chi connectivity index (χ1) is 16.3. The average Bonchev–Trinajstić information content (AvgIpc) is 3.65. The molecule has 2 saturated carbocycles. The zero-order valence-electron chi connectivity index (χ0n) is 20.9. The number of ether oxygens (including phenoxy) is 1. The van der Waals surface area contributed by atoms with Crippen LogP contribution in [0, 0.1) is 24.7 Å². The number of hydrogen-bond donors (Lipinski definition) is 2. The Morgan fingerprint density at radius 2 is 1.88 bits per heavy atom. The van der Waals surface area contributed by atoms with E-state index in [0.29, 0.717) is 19.4 Å². The molecule has 0 aliphatic heterocycles. The van der Waals surface area contributed by atoms with E-state index in [2.05, 4.69) is 43.4 Å². The summed E-state index contributed by atoms with van der Waals surface area (Å²) < 4.78 is 5.89. The van der Waals surface area contributed by atoms with Crippen molar-refractivity contribution in [2.75, 3.05) is 6.61 Å². The van der Waals surface area contributed by atoms with Crippen molar-refractivity contribution in [2.24, 2.45) is 17.8 Å². The van der Waals surface area contributed by atoms with Gasteiger partial charge >= 0.3 is 5.97 Å². The minimum atomic E-state index is -0.852. The molecule has 0 heterocycles. The lowest BCUT2D eigenvalue weighted by Crippen LogP contribution is -2.40. The van der Waals surface area contributed by atoms with Gasteiger partial charge in [-0.1, -0.05) is 56.4 Å². The standard InChI is InChI=1S/C29H39NO4/c1-4-34-26-11-7-10-25(19(26)2)29(3)17-16-22(18-21(29)15-14-20-12-13-20)30-27(31)23-8-5-6-9-24(23)28(32)33/h7,10-11,16,18,20,23-24H,4-6,8-9,12-15,17H2,1-3H3,(H,30,31)(H,32,33). The fraction of sp³-hybridized carbons (Fsp3) is 0.586. The van der Waals surface area contributed by atoms with Crippen LogP contribution in [0.2, 0.25) is 0 Å². The van der Waals surface area contributed by atoms with Crippen LogP contribution in [0.1, 0.15) is 82.8 Å². The monoisotopic (exact) mass is 465 g/mol. The van der Waals surface area contributed by atoms with E-state index >= 15 is 0 Å². The lowest BCUT2D eigenvalue weighted by Gasteiger charge is -2.37. The highest BCUT2D eigenvalue weighted by atomic mass is 16.5. The van der Waals surface area contributed by atoms with Crippen LogP contribution in [0.4, 0.5) is 0 Å². The summed E-state index contributed by atoms with van der Waals surface area (Å²) in [5, 5.41) is 12.7. The van der Waals surface area contributed by atoms with E-state index in [1.54, 1.807) is 0 Å². The molecule has 2 fully saturated rings. The highest BCUT2D eigenvalue weighted by Gasteiger charge is 2.38. The number of hydrogen-bond acceptors (Lipinski definition) is 3. The number of carbonyl (C=O) groups is 2. The minimum absolute atomic E-state index is 0.144. The second-order valence-electron chi connectivity index (χ2n) is 10.5. The second kappa shape index (κ2) is 10.4. The van der Waals surface area contributed by atoms with Crippen molar-refractivity contribution in [3.05, 3.63) is 52.7 Å². The van der Waals surface area contributed by atoms with Gasteiger partial charge in [-0.15, -0.1) is 0 Å². The zero-order chi connectivity index (χ0) is 24.3. The van der Waals surface area contributed by atoms with Crippen LogP contribution in [-0.4, -0.2) is 23.6 Å². The number of carboxylic acids is 1. The predicted molar refractivity (Wildman–Crippen MR) is 134 cm³/mol. The predicted octanol–water partition coefficient (Wildman–Crippen LogP) is 6.06. The first-order valence-electron chi connectivity index (χ1n) is 13.0. The number of rotatable bonds is 9. The molecule has 3 aliphatic carbocycles. The van der Waals surface area contributed by atoms with E-state index in [9.17, 15) is 14.7 Å². The van der Waals surface area contributed by atoms with Gasteiger partial charge in [-0.3, -0.25) is 9.59 Å². The van der Waals surface area contributed by atoms with Crippen molar-refractivity contribution < 1.29 is 19.4 Å². The summed E-state index contributed by atoms with van der Waals surface area (Å²) in [6.45, 7) is 7.09. The number of amides is 1. The summed E-state index contributed by atoms with van der Waals surface area (Å²) in [5.74, 6) is -0.268. The number of nitrogens with one attached hydrogen (secondary N) is 1. The van der Waals surface area contributed by atoms with Crippen LogP contribution < -0.4 is 10.1 Å². The molecule has 5 nitrogen and oxygen atoms in total. The van der Waals surface area contributed by atoms with Gasteiger partial charge in [0.2, 0.25) is 5.91 Å². The maximum atomic E-state index is 13.1. The van der Waals surface area contributed by atoms with Crippen molar-refractivity contribution in [3.63, 3.8) is 0 Å². The smallest absolute Gasteiger partial charge is 0.307 e. The first-order valence-corrected chi connectivity index (χ1v) is 13.0. The van der Waals surface area contributed by atoms with Gasteiger partial charge in [0.1, 0.15) is 5.75 Å². The summed E-state index contributed by atoms with van der Waals surface area (Å²) in [7, 11) is 0. The summed E-state index contributed by atoms with van der Waals surface area (Å²) in [6.07, 6.45) is 12.9. The van der Waals surface area contributed by atoms with Gasteiger partial charge in [-0.05, 0) is 75.1 Å². The number of benzene rings is 1. The van der Waals surface area contributed by atoms with Crippen LogP contribution in [-0.2, 0) is 15.0 Å². The van der Waals surface area contributed by atoms with Crippen molar-refractivity contribution in [1.82, 2.24) is 5.32 Å². The van der Waals surface area contributed by atoms with E-state index in [-0.39, 0.29) is 11.3 Å². The van der Waals surface area contributed by atoms with Gasteiger partial charge < -0.3 is 15.2 Å². The van der Waals surface area contributed by atoms with E-state index in [4.69, 9.17) is 4.74 Å². The molecule has 0 bridgehead atoms. The van der Waals surface area contributed by atoms with Crippen LogP contribution in [0.25, 0.3) is 0 Å². The van der Waals surface area contributed by atoms with Crippen LogP contribution >= 0.6 is 0 Å². The van der Waals surface area contributed by atoms with Crippen molar-refractivity contribution in [3.8, 4) is 5.75 Å². The summed E-state index contributed by atoms with van der Waals surface area (Å²) in [4.78, 5) is 24.8. The molecular weight excluding hydrogens is 426 g/mol. The Morgan fingerprint density at radius 1 is 1.15 bits per heavy atom. The molecule has 1 aromatic rings. The largest absolute Gasteiger partial charge is 0.494 e. The van der Waals surface area contributed by atoms with Gasteiger partial charge in [-0.25, -0.2) is 0 Å². The molecule has 184 valence electrons. The van der Waals surface area contributed by atoms with Crippen molar-refractivity contribution in [2.45, 2.75) is 84.0 Å². The Kier molecular flexibility index (Phi) is 7.49. The molecule has 2 N–H and O–H groups in total. The third-order valence-corrected chi connectivity index (χ3v) is 8.15. The van der Waals surface area contributed by atoms with E-state index in [0.717, 1.165) is 43.0 Å². The van der Waals surface area contributed by atoms with Crippen LogP contribution in [0.15, 0.2) is 41.6 Å². The minimum Gasteiger partial charge on any atom is -0.494 e. The molecule has 5 heteroatoms. The molecule has 1 aromatic carbocycles. The highest BCUT2D eigenvalue weighted by Crippen LogP contribution is 2.46. The van der Waals surface area contributed by atoms with Gasteiger partial charge in [-0.2, -0.15) is 0 Å². The van der Waals surface area contributed by atoms with Gasteiger partial charge in [0.25, 0.3) is 0 Å². The van der Waals surface area contributed by atoms with Crippen molar-refractivity contribution >= 4 is 11.9 Å². The van der Waals surface area contributed by atoms with E-state index in [1.807, 2.05) is 13.0 Å². The summed E-state index contributed by atoms with van der Waals surface area (Å²) in [5.41, 5.74) is 4.46. The molecule has 1 amide bonds. The summed E-state index contributed by atoms with van der Waals surface area (Å²) >= 11 is 0. The Hall–Kier alpha value is -2.56. The molecule has 34 heavy (non-hydrogen) atoms. The molecule has 3 atom stereocenters. The number of carbonyl (C=O) groups excluding carboxylic acids is 1. The van der Waals surface area contributed by atoms with Crippen LogP contribution in [0.3, 0.4) is 0 Å². The Labute approximate surface area is 203 Å². The first kappa shape index (κ1) is 24.6. The fourth-order valence-electron chi connectivity index (χ4n) is 5.83. The average molecular weight is 466 g/mol. The Morgan fingerprint density at radius 3 is 2.56 bits per heavy atom. The second-order valence-corrected chi connectivity index (χ2v) is 10.5. The molecule has 3 unspecified atom stereocenters. The number of carboxylic acid groups (broad SMARTS) is 1. The highest BCUT2D eigenvalue weighted by molar-refractivity contribution is 5.86. The quantitative estimate of drug-likeness (QED) is 0.465. The SMILES string of the molecule is CCOc1cccc(C2(C)CC=C(NC(=O)C3CCCCC3C(=O)O)C=C2CCC2CC2)c1C. The van der Waals surface area contributed by atoms with E-state index < -0.39 is 17.8 Å². The zero-order valence-corrected chi connectivity index (χ0v) is 20.9. The lowest BCUT2D eigenvalue weighted by atomic mass is 9.68. The van der Waals surface area contributed by atoms with Crippen molar-refractivity contribution in [1.29, 1.82) is 0 Å². The molecule has 4 rings (SSSR count). The maximum Gasteiger partial charge on any atom is 0.307 e. The molecule has 0 aromatic heterocycles. The summed E-state index contributed by atoms with van der Waals surface area (Å²) in [6, 6.07) is 6.32. The number of allylic oxidation sites excluding steroid dienone is 3. The van der Waals surface area contributed by atoms with Gasteiger partial charge in [0.05, 0.1) is 18.4 Å². The maximum absolute atomic E-state index is 13.1. The fourth-order valence-corrected chi connectivity index (χ4v) is 5.83. The molecular formula is C29H39NO4. The topological polar surface area (TPSA) is 75.6 Å².